The summed E-state index contributed by atoms with van der Waals surface area (Å²) in [7, 11) is -3.17. The average Bonchev–Trinajstić information content (AvgIpc) is 2.56. The molecule has 5 heteroatoms. The van der Waals surface area contributed by atoms with E-state index in [-0.39, 0.29) is 5.25 Å². The molecule has 0 radical (unpaired) electrons. The Hall–Kier alpha value is -1.33. The summed E-state index contributed by atoms with van der Waals surface area (Å²) in [6.07, 6.45) is 6.27. The number of sulfonamides is 1. The van der Waals surface area contributed by atoms with Gasteiger partial charge in [-0.25, -0.2) is 8.42 Å². The van der Waals surface area contributed by atoms with E-state index in [4.69, 9.17) is 0 Å². The van der Waals surface area contributed by atoms with Gasteiger partial charge in [-0.3, -0.25) is 0 Å². The fourth-order valence-electron chi connectivity index (χ4n) is 3.72. The molecule has 2 aliphatic heterocycles. The Labute approximate surface area is 139 Å². The summed E-state index contributed by atoms with van der Waals surface area (Å²) in [6.45, 7) is 6.73. The summed E-state index contributed by atoms with van der Waals surface area (Å²) >= 11 is 0. The minimum absolute atomic E-state index is 0.276. The molecule has 0 saturated carbocycles. The lowest BCUT2D eigenvalue weighted by Crippen LogP contribution is -2.47. The van der Waals surface area contributed by atoms with Crippen LogP contribution in [-0.4, -0.2) is 44.2 Å². The van der Waals surface area contributed by atoms with E-state index >= 15 is 0 Å². The molecule has 0 N–H and O–H groups in total. The first-order valence-corrected chi connectivity index (χ1v) is 10.1. The third kappa shape index (κ3) is 3.45. The van der Waals surface area contributed by atoms with Crippen molar-refractivity contribution in [1.82, 2.24) is 4.31 Å². The molecule has 1 fully saturated rings. The van der Waals surface area contributed by atoms with Crippen LogP contribution in [0.4, 0.5) is 5.69 Å². The first kappa shape index (κ1) is 16.5. The van der Waals surface area contributed by atoms with Crippen molar-refractivity contribution >= 4 is 15.7 Å². The number of benzene rings is 1. The summed E-state index contributed by atoms with van der Waals surface area (Å²) in [5, 5.41) is -0.276. The number of hydrogen-bond donors (Lipinski definition) is 0. The molecular formula is C18H26N2O2S. The zero-order valence-electron chi connectivity index (χ0n) is 13.7. The molecule has 23 heavy (non-hydrogen) atoms. The SMILES string of the molecule is C=CCC1CCCN(CCN2CCCc3ccccc32)S1(=O)=O. The van der Waals surface area contributed by atoms with Crippen molar-refractivity contribution in [2.24, 2.45) is 0 Å². The Balaban J connectivity index is 1.68. The van der Waals surface area contributed by atoms with E-state index in [0.717, 1.165) is 38.8 Å². The molecule has 0 spiro atoms. The number of fused-ring (bicyclic) bond motifs is 1. The van der Waals surface area contributed by atoms with Gasteiger partial charge < -0.3 is 4.90 Å². The summed E-state index contributed by atoms with van der Waals surface area (Å²) in [5.74, 6) is 0. The standard InChI is InChI=1S/C18H26N2O2S/c1-2-7-17-10-6-13-20(23(17,21)22)15-14-19-12-5-9-16-8-3-4-11-18(16)19/h2-4,8,11,17H,1,5-7,9-10,12-15H2. The quantitative estimate of drug-likeness (QED) is 0.778. The van der Waals surface area contributed by atoms with Gasteiger partial charge in [0.2, 0.25) is 10.0 Å². The van der Waals surface area contributed by atoms with Gasteiger partial charge in [0.05, 0.1) is 5.25 Å². The number of para-hydroxylation sites is 1. The van der Waals surface area contributed by atoms with Gasteiger partial charge in [0, 0.05) is 31.9 Å². The van der Waals surface area contributed by atoms with Gasteiger partial charge in [-0.2, -0.15) is 4.31 Å². The van der Waals surface area contributed by atoms with Gasteiger partial charge >= 0.3 is 0 Å². The van der Waals surface area contributed by atoms with Crippen LogP contribution >= 0.6 is 0 Å². The highest BCUT2D eigenvalue weighted by atomic mass is 32.2. The first-order chi connectivity index (χ1) is 11.1. The van der Waals surface area contributed by atoms with E-state index in [1.807, 2.05) is 0 Å². The topological polar surface area (TPSA) is 40.6 Å². The summed E-state index contributed by atoms with van der Waals surface area (Å²) < 4.78 is 27.1. The number of anilines is 1. The highest BCUT2D eigenvalue weighted by molar-refractivity contribution is 7.89. The molecule has 1 aromatic carbocycles. The smallest absolute Gasteiger partial charge is 0.217 e. The second kappa shape index (κ2) is 7.05. The van der Waals surface area contributed by atoms with Crippen molar-refractivity contribution in [2.45, 2.75) is 37.4 Å². The Kier molecular flexibility index (Phi) is 5.07. The minimum Gasteiger partial charge on any atom is -0.370 e. The normalized spacial score (nSPS) is 24.2. The summed E-state index contributed by atoms with van der Waals surface area (Å²) in [6, 6.07) is 8.48. The van der Waals surface area contributed by atoms with Crippen LogP contribution in [0.25, 0.3) is 0 Å². The fourth-order valence-corrected chi connectivity index (χ4v) is 5.71. The molecule has 0 amide bonds. The van der Waals surface area contributed by atoms with E-state index in [1.165, 1.54) is 11.3 Å². The summed E-state index contributed by atoms with van der Waals surface area (Å²) in [4.78, 5) is 2.34. The first-order valence-electron chi connectivity index (χ1n) is 8.55. The van der Waals surface area contributed by atoms with E-state index in [9.17, 15) is 8.42 Å². The lowest BCUT2D eigenvalue weighted by molar-refractivity contribution is 0.365. The van der Waals surface area contributed by atoms with Crippen molar-refractivity contribution in [2.75, 3.05) is 31.1 Å². The third-order valence-corrected chi connectivity index (χ3v) is 7.33. The molecule has 1 aromatic rings. The predicted molar refractivity (Wildman–Crippen MR) is 95.3 cm³/mol. The number of allylic oxidation sites excluding steroid dienone is 1. The van der Waals surface area contributed by atoms with E-state index < -0.39 is 10.0 Å². The Morgan fingerprint density at radius 2 is 2.00 bits per heavy atom. The maximum atomic E-state index is 12.7. The van der Waals surface area contributed by atoms with Crippen LogP contribution in [0.1, 0.15) is 31.2 Å². The zero-order chi connectivity index (χ0) is 16.3. The average molecular weight is 334 g/mol. The van der Waals surface area contributed by atoms with Crippen molar-refractivity contribution in [3.8, 4) is 0 Å². The van der Waals surface area contributed by atoms with Crippen LogP contribution < -0.4 is 4.90 Å². The zero-order valence-corrected chi connectivity index (χ0v) is 14.5. The lowest BCUT2D eigenvalue weighted by Gasteiger charge is -2.36. The van der Waals surface area contributed by atoms with Crippen molar-refractivity contribution < 1.29 is 8.42 Å². The molecule has 0 aliphatic carbocycles. The molecular weight excluding hydrogens is 308 g/mol. The number of nitrogens with zero attached hydrogens (tertiary/aromatic N) is 2. The van der Waals surface area contributed by atoms with Crippen LogP contribution in [-0.2, 0) is 16.4 Å². The summed E-state index contributed by atoms with van der Waals surface area (Å²) in [5.41, 5.74) is 2.65. The fraction of sp³-hybridized carbons (Fsp3) is 0.556. The maximum Gasteiger partial charge on any atom is 0.217 e. The molecule has 1 saturated heterocycles. The highest BCUT2D eigenvalue weighted by Gasteiger charge is 2.34. The second-order valence-electron chi connectivity index (χ2n) is 6.45. The van der Waals surface area contributed by atoms with E-state index in [0.29, 0.717) is 19.5 Å². The van der Waals surface area contributed by atoms with Gasteiger partial charge in [-0.1, -0.05) is 24.3 Å². The molecule has 1 unspecified atom stereocenters. The molecule has 3 rings (SSSR count). The lowest BCUT2D eigenvalue weighted by atomic mass is 10.0. The van der Waals surface area contributed by atoms with Crippen molar-refractivity contribution in [3.63, 3.8) is 0 Å². The molecule has 1 atom stereocenters. The molecule has 0 bridgehead atoms. The largest absolute Gasteiger partial charge is 0.370 e. The van der Waals surface area contributed by atoms with Crippen LogP contribution in [0.2, 0.25) is 0 Å². The Morgan fingerprint density at radius 1 is 1.17 bits per heavy atom. The van der Waals surface area contributed by atoms with E-state index in [1.54, 1.807) is 10.4 Å². The molecule has 0 aromatic heterocycles. The number of rotatable bonds is 5. The third-order valence-electron chi connectivity index (χ3n) is 4.97. The molecule has 4 nitrogen and oxygen atoms in total. The van der Waals surface area contributed by atoms with Crippen molar-refractivity contribution in [1.29, 1.82) is 0 Å². The van der Waals surface area contributed by atoms with Gasteiger partial charge in [-0.05, 0) is 43.7 Å². The Bertz CT molecular complexity index is 657. The predicted octanol–water partition coefficient (Wildman–Crippen LogP) is 2.81. The molecule has 126 valence electrons. The molecule has 2 heterocycles. The van der Waals surface area contributed by atoms with Crippen LogP contribution in [0, 0.1) is 0 Å². The van der Waals surface area contributed by atoms with Crippen molar-refractivity contribution in [3.05, 3.63) is 42.5 Å². The molecule has 2 aliphatic rings. The van der Waals surface area contributed by atoms with E-state index in [2.05, 4.69) is 35.7 Å². The number of aryl methyl sites for hydroxylation is 1. The highest BCUT2D eigenvalue weighted by Crippen LogP contribution is 2.28. The van der Waals surface area contributed by atoms with Gasteiger partial charge in [0.1, 0.15) is 0 Å². The van der Waals surface area contributed by atoms with Gasteiger partial charge in [0.25, 0.3) is 0 Å². The van der Waals surface area contributed by atoms with Crippen LogP contribution in [0.15, 0.2) is 36.9 Å². The second-order valence-corrected chi connectivity index (χ2v) is 8.66. The minimum atomic E-state index is -3.17. The van der Waals surface area contributed by atoms with Crippen LogP contribution in [0.5, 0.6) is 0 Å². The van der Waals surface area contributed by atoms with Gasteiger partial charge in [0.15, 0.2) is 0 Å². The van der Waals surface area contributed by atoms with Crippen LogP contribution in [0.3, 0.4) is 0 Å². The Morgan fingerprint density at radius 3 is 2.83 bits per heavy atom. The monoisotopic (exact) mass is 334 g/mol. The van der Waals surface area contributed by atoms with Gasteiger partial charge in [-0.15, -0.1) is 6.58 Å². The number of hydrogen-bond acceptors (Lipinski definition) is 3. The maximum absolute atomic E-state index is 12.7.